The molecule has 0 spiro atoms. The number of methoxy groups -OCH3 is 1. The molecule has 5 aromatic rings. The van der Waals surface area contributed by atoms with Crippen LogP contribution < -0.4 is 19.1 Å². The smallest absolute Gasteiger partial charge is 0.301 e. The van der Waals surface area contributed by atoms with Crippen LogP contribution in [0.15, 0.2) is 101 Å². The maximum atomic E-state index is 13.8. The van der Waals surface area contributed by atoms with E-state index in [0.717, 1.165) is 34.4 Å². The second kappa shape index (κ2) is 16.4. The first-order valence-corrected chi connectivity index (χ1v) is 18.5. The van der Waals surface area contributed by atoms with Crippen molar-refractivity contribution in [2.45, 2.75) is 49.9 Å². The van der Waals surface area contributed by atoms with E-state index in [1.165, 1.54) is 35.9 Å². The molecule has 1 saturated heterocycles. The number of aliphatic hydroxyl groups is 1. The van der Waals surface area contributed by atoms with E-state index in [1.807, 2.05) is 31.2 Å². The van der Waals surface area contributed by atoms with Crippen LogP contribution in [0.25, 0.3) is 5.76 Å². The van der Waals surface area contributed by atoms with Crippen LogP contribution in [0, 0.1) is 18.7 Å². The van der Waals surface area contributed by atoms with E-state index < -0.39 is 17.7 Å². The third-order valence-corrected chi connectivity index (χ3v) is 10.5. The van der Waals surface area contributed by atoms with Crippen LogP contribution in [0.5, 0.6) is 17.2 Å². The maximum Gasteiger partial charge on any atom is 0.301 e. The van der Waals surface area contributed by atoms with Gasteiger partial charge in [0.15, 0.2) is 15.8 Å². The lowest BCUT2D eigenvalue weighted by Gasteiger charge is -2.23. The van der Waals surface area contributed by atoms with Gasteiger partial charge < -0.3 is 19.3 Å². The Balaban J connectivity index is 1.33. The van der Waals surface area contributed by atoms with Gasteiger partial charge >= 0.3 is 5.91 Å². The van der Waals surface area contributed by atoms with Crippen LogP contribution in [0.1, 0.15) is 54.1 Å². The molecule has 52 heavy (non-hydrogen) atoms. The molecule has 1 atom stereocenters. The molecule has 1 N–H and O–H groups in total. The Bertz CT molecular complexity index is 2080. The fraction of sp³-hybridized carbons (Fsp3) is 0.250. The Morgan fingerprint density at radius 2 is 1.71 bits per heavy atom. The van der Waals surface area contributed by atoms with Crippen LogP contribution in [-0.2, 0) is 21.9 Å². The third-order valence-electron chi connectivity index (χ3n) is 8.39. The molecule has 0 aliphatic carbocycles. The van der Waals surface area contributed by atoms with Gasteiger partial charge in [-0.15, -0.1) is 10.2 Å². The first-order chi connectivity index (χ1) is 25.1. The lowest BCUT2D eigenvalue weighted by molar-refractivity contribution is -0.132. The maximum absolute atomic E-state index is 13.8. The van der Waals surface area contributed by atoms with Crippen molar-refractivity contribution in [2.24, 2.45) is 5.92 Å². The summed E-state index contributed by atoms with van der Waals surface area (Å²) >= 11 is 2.52. The average molecular weight is 740 g/mol. The molecule has 0 radical (unpaired) electrons. The van der Waals surface area contributed by atoms with Gasteiger partial charge in [0, 0.05) is 11.3 Å². The summed E-state index contributed by atoms with van der Waals surface area (Å²) in [6.45, 7) is 7.09. The van der Waals surface area contributed by atoms with Crippen molar-refractivity contribution in [1.29, 1.82) is 0 Å². The van der Waals surface area contributed by atoms with Gasteiger partial charge in [0.05, 0.1) is 25.3 Å². The second-order valence-corrected chi connectivity index (χ2v) is 14.9. The van der Waals surface area contributed by atoms with Gasteiger partial charge in [0.25, 0.3) is 5.78 Å². The number of hydrogen-bond acceptors (Lipinski definition) is 10. The van der Waals surface area contributed by atoms with Crippen molar-refractivity contribution in [3.63, 3.8) is 0 Å². The minimum absolute atomic E-state index is 0.107. The lowest BCUT2D eigenvalue weighted by Crippen LogP contribution is -2.29. The van der Waals surface area contributed by atoms with E-state index in [1.54, 1.807) is 54.6 Å². The van der Waals surface area contributed by atoms with Gasteiger partial charge in [-0.1, -0.05) is 85.0 Å². The minimum Gasteiger partial charge on any atom is -0.507 e. The number of hydrogen-bond donors (Lipinski definition) is 1. The Kier molecular flexibility index (Phi) is 11.6. The summed E-state index contributed by atoms with van der Waals surface area (Å²) in [5.41, 5.74) is 3.77. The number of carbonyl (C=O) groups excluding carboxylic acids is 2. The summed E-state index contributed by atoms with van der Waals surface area (Å²) in [7, 11) is 1.52. The van der Waals surface area contributed by atoms with Crippen molar-refractivity contribution >= 4 is 45.7 Å². The summed E-state index contributed by atoms with van der Waals surface area (Å²) < 4.78 is 31.6. The van der Waals surface area contributed by atoms with Crippen molar-refractivity contribution in [3.8, 4) is 17.2 Å². The van der Waals surface area contributed by atoms with Crippen LogP contribution in [0.4, 0.5) is 9.52 Å². The molecule has 1 aliphatic heterocycles. The zero-order chi connectivity index (χ0) is 36.8. The Morgan fingerprint density at radius 3 is 2.42 bits per heavy atom. The highest BCUT2D eigenvalue weighted by molar-refractivity contribution is 8.00. The highest BCUT2D eigenvalue weighted by Crippen LogP contribution is 2.46. The standard InChI is InChI=1S/C40H38FN3O6S2/c1-24(2)18-19-49-32-17-12-29(21-33(32)48-4)35-34(36(45)28-10-15-31(16-11-28)50-22-27-7-5-6-25(3)20-27)37(46)38(47)44(35)39-42-43-40(52-39)51-23-26-8-13-30(41)14-9-26/h5-17,20-21,24,35,45H,18-19,22-23H2,1-4H3/b36-34+. The largest absolute Gasteiger partial charge is 0.507 e. The van der Waals surface area contributed by atoms with Gasteiger partial charge in [-0.3, -0.25) is 14.5 Å². The quantitative estimate of drug-likeness (QED) is 0.0393. The number of rotatable bonds is 14. The predicted octanol–water partition coefficient (Wildman–Crippen LogP) is 8.92. The van der Waals surface area contributed by atoms with Gasteiger partial charge in [0.2, 0.25) is 5.13 Å². The zero-order valence-electron chi connectivity index (χ0n) is 29.2. The minimum atomic E-state index is -1.06. The summed E-state index contributed by atoms with van der Waals surface area (Å²) in [6.07, 6.45) is 0.847. The zero-order valence-corrected chi connectivity index (χ0v) is 30.8. The number of benzene rings is 4. The molecule has 268 valence electrons. The van der Waals surface area contributed by atoms with Crippen molar-refractivity contribution in [1.82, 2.24) is 10.2 Å². The van der Waals surface area contributed by atoms with Crippen molar-refractivity contribution in [3.05, 3.63) is 130 Å². The number of Topliss-reactive ketones (excluding diaryl/α,β-unsaturated/α-hetero) is 1. The Labute approximate surface area is 310 Å². The van der Waals surface area contributed by atoms with Gasteiger partial charge in [-0.05, 0) is 84.5 Å². The highest BCUT2D eigenvalue weighted by atomic mass is 32.2. The lowest BCUT2D eigenvalue weighted by atomic mass is 9.95. The highest BCUT2D eigenvalue weighted by Gasteiger charge is 2.48. The second-order valence-electron chi connectivity index (χ2n) is 12.7. The molecule has 1 fully saturated rings. The van der Waals surface area contributed by atoms with E-state index in [0.29, 0.717) is 57.6 Å². The van der Waals surface area contributed by atoms with E-state index in [-0.39, 0.29) is 22.3 Å². The van der Waals surface area contributed by atoms with E-state index in [4.69, 9.17) is 14.2 Å². The molecule has 9 nitrogen and oxygen atoms in total. The summed E-state index contributed by atoms with van der Waals surface area (Å²) in [4.78, 5) is 28.9. The monoisotopic (exact) mass is 739 g/mol. The Hall–Kier alpha value is -5.20. The number of thioether (sulfide) groups is 1. The number of ketones is 1. The van der Waals surface area contributed by atoms with Crippen LogP contribution in [0.2, 0.25) is 0 Å². The van der Waals surface area contributed by atoms with E-state index in [2.05, 4.69) is 24.0 Å². The number of ether oxygens (including phenoxy) is 3. The number of aliphatic hydroxyl groups excluding tert-OH is 1. The number of aromatic nitrogens is 2. The molecule has 0 saturated carbocycles. The molecule has 0 bridgehead atoms. The first kappa shape index (κ1) is 36.6. The number of aryl methyl sites for hydroxylation is 1. The van der Waals surface area contributed by atoms with Crippen LogP contribution in [0.3, 0.4) is 0 Å². The predicted molar refractivity (Wildman–Crippen MR) is 201 cm³/mol. The number of anilines is 1. The van der Waals surface area contributed by atoms with Gasteiger partial charge in [-0.25, -0.2) is 4.39 Å². The van der Waals surface area contributed by atoms with Crippen molar-refractivity contribution < 1.29 is 33.3 Å². The topological polar surface area (TPSA) is 111 Å². The molecule has 1 amide bonds. The van der Waals surface area contributed by atoms with Gasteiger partial charge in [-0.2, -0.15) is 0 Å². The molecule has 12 heteroatoms. The number of carbonyl (C=O) groups is 2. The molecular formula is C40H38FN3O6S2. The molecule has 4 aromatic carbocycles. The molecule has 1 aliphatic rings. The molecule has 1 unspecified atom stereocenters. The SMILES string of the molecule is COc1cc(C2/C(=C(\O)c3ccc(OCc4cccc(C)c4)cc3)C(=O)C(=O)N2c2nnc(SCc3ccc(F)cc3)s2)ccc1OCCC(C)C. The molecule has 6 rings (SSSR count). The van der Waals surface area contributed by atoms with Crippen LogP contribution >= 0.6 is 23.1 Å². The number of nitrogens with zero attached hydrogens (tertiary/aromatic N) is 3. The average Bonchev–Trinajstić information content (AvgIpc) is 3.71. The molecule has 1 aromatic heterocycles. The van der Waals surface area contributed by atoms with E-state index in [9.17, 15) is 19.1 Å². The van der Waals surface area contributed by atoms with Gasteiger partial charge in [0.1, 0.15) is 23.9 Å². The van der Waals surface area contributed by atoms with Crippen LogP contribution in [-0.4, -0.2) is 40.7 Å². The van der Waals surface area contributed by atoms with Crippen molar-refractivity contribution in [2.75, 3.05) is 18.6 Å². The van der Waals surface area contributed by atoms with E-state index >= 15 is 0 Å². The summed E-state index contributed by atoms with van der Waals surface area (Å²) in [5, 5.41) is 20.5. The Morgan fingerprint density at radius 1 is 0.942 bits per heavy atom. The fourth-order valence-corrected chi connectivity index (χ4v) is 7.46. The number of halogens is 1. The normalized spacial score (nSPS) is 15.3. The summed E-state index contributed by atoms with van der Waals surface area (Å²) in [6, 6.07) is 25.0. The first-order valence-electron chi connectivity index (χ1n) is 16.7. The summed E-state index contributed by atoms with van der Waals surface area (Å²) in [5.74, 6) is 0.0600. The molecule has 2 heterocycles. The third kappa shape index (κ3) is 8.46. The molecular weight excluding hydrogens is 702 g/mol. The fourth-order valence-electron chi connectivity index (χ4n) is 5.64. The number of amides is 1.